The molecule has 0 unspecified atom stereocenters. The van der Waals surface area contributed by atoms with Crippen LogP contribution in [0.2, 0.25) is 5.02 Å². The maximum absolute atomic E-state index is 5.77. The molecule has 0 aliphatic heterocycles. The van der Waals surface area contributed by atoms with Gasteiger partial charge in [0, 0.05) is 17.4 Å². The van der Waals surface area contributed by atoms with E-state index in [2.05, 4.69) is 9.98 Å². The van der Waals surface area contributed by atoms with E-state index in [9.17, 15) is 0 Å². The van der Waals surface area contributed by atoms with Crippen LogP contribution in [0.5, 0.6) is 0 Å². The van der Waals surface area contributed by atoms with Crippen LogP contribution in [0, 0.1) is 0 Å². The minimum atomic E-state index is 0.701. The molecule has 1 heterocycles. The summed E-state index contributed by atoms with van der Waals surface area (Å²) in [7, 11) is 0. The second-order valence-corrected chi connectivity index (χ2v) is 3.43. The average molecular weight is 217 g/mol. The van der Waals surface area contributed by atoms with E-state index in [1.807, 2.05) is 42.5 Å². The van der Waals surface area contributed by atoms with Gasteiger partial charge in [0.25, 0.3) is 0 Å². The van der Waals surface area contributed by atoms with E-state index in [-0.39, 0.29) is 0 Å². The lowest BCUT2D eigenvalue weighted by Crippen LogP contribution is -1.79. The zero-order valence-electron chi connectivity index (χ0n) is 7.97. The Morgan fingerprint density at radius 3 is 2.53 bits per heavy atom. The van der Waals surface area contributed by atoms with E-state index >= 15 is 0 Å². The van der Waals surface area contributed by atoms with Gasteiger partial charge in [-0.15, -0.1) is 0 Å². The lowest BCUT2D eigenvalue weighted by atomic mass is 10.2. The van der Waals surface area contributed by atoms with Gasteiger partial charge < -0.3 is 0 Å². The van der Waals surface area contributed by atoms with Gasteiger partial charge in [0.2, 0.25) is 0 Å². The van der Waals surface area contributed by atoms with Crippen LogP contribution >= 0.6 is 11.6 Å². The fraction of sp³-hybridized carbons (Fsp3) is 0. The second kappa shape index (κ2) is 4.71. The molecule has 2 rings (SSSR count). The van der Waals surface area contributed by atoms with Crippen LogP contribution in [0.4, 0.5) is 5.82 Å². The van der Waals surface area contributed by atoms with Gasteiger partial charge in [0.15, 0.2) is 5.82 Å². The highest BCUT2D eigenvalue weighted by molar-refractivity contribution is 6.30. The number of nitrogens with zero attached hydrogens (tertiary/aromatic N) is 2. The van der Waals surface area contributed by atoms with Gasteiger partial charge in [0.1, 0.15) is 0 Å². The standard InChI is InChI=1S/C12H9ClN2/c13-11-6-4-10(5-7-11)9-15-12-3-1-2-8-14-12/h1-9H/b15-9+. The number of aromatic nitrogens is 1. The fourth-order valence-corrected chi connectivity index (χ4v) is 1.25. The Labute approximate surface area is 93.3 Å². The summed E-state index contributed by atoms with van der Waals surface area (Å²) in [5.74, 6) is 0.701. The predicted molar refractivity (Wildman–Crippen MR) is 62.9 cm³/mol. The molecule has 0 fully saturated rings. The Balaban J connectivity index is 2.15. The molecule has 2 nitrogen and oxygen atoms in total. The first kappa shape index (κ1) is 9.87. The van der Waals surface area contributed by atoms with Crippen molar-refractivity contribution in [2.24, 2.45) is 4.99 Å². The maximum atomic E-state index is 5.77. The van der Waals surface area contributed by atoms with E-state index in [0.29, 0.717) is 5.82 Å². The minimum absolute atomic E-state index is 0.701. The van der Waals surface area contributed by atoms with Crippen LogP contribution in [-0.4, -0.2) is 11.2 Å². The summed E-state index contributed by atoms with van der Waals surface area (Å²) in [6, 6.07) is 13.1. The van der Waals surface area contributed by atoms with Crippen LogP contribution in [0.1, 0.15) is 5.56 Å². The van der Waals surface area contributed by atoms with Crippen molar-refractivity contribution < 1.29 is 0 Å². The van der Waals surface area contributed by atoms with Crippen molar-refractivity contribution in [3.8, 4) is 0 Å². The van der Waals surface area contributed by atoms with Crippen LogP contribution in [0.15, 0.2) is 53.7 Å². The number of pyridine rings is 1. The molecule has 1 aromatic heterocycles. The second-order valence-electron chi connectivity index (χ2n) is 3.00. The summed E-state index contributed by atoms with van der Waals surface area (Å²) in [5.41, 5.74) is 1.00. The lowest BCUT2D eigenvalue weighted by Gasteiger charge is -1.93. The third-order valence-electron chi connectivity index (χ3n) is 1.87. The molecule has 0 saturated carbocycles. The van der Waals surface area contributed by atoms with Crippen molar-refractivity contribution in [3.63, 3.8) is 0 Å². The van der Waals surface area contributed by atoms with E-state index in [4.69, 9.17) is 11.6 Å². The molecule has 0 atom stereocenters. The van der Waals surface area contributed by atoms with E-state index in [1.54, 1.807) is 12.4 Å². The molecule has 0 saturated heterocycles. The number of hydrogen-bond donors (Lipinski definition) is 0. The van der Waals surface area contributed by atoms with Gasteiger partial charge in [-0.05, 0) is 29.8 Å². The van der Waals surface area contributed by atoms with Crippen molar-refractivity contribution in [2.75, 3.05) is 0 Å². The van der Waals surface area contributed by atoms with Crippen molar-refractivity contribution in [2.45, 2.75) is 0 Å². The molecule has 0 radical (unpaired) electrons. The van der Waals surface area contributed by atoms with Crippen LogP contribution in [-0.2, 0) is 0 Å². The summed E-state index contributed by atoms with van der Waals surface area (Å²) >= 11 is 5.77. The minimum Gasteiger partial charge on any atom is -0.237 e. The molecule has 15 heavy (non-hydrogen) atoms. The fourth-order valence-electron chi connectivity index (χ4n) is 1.12. The predicted octanol–water partition coefficient (Wildman–Crippen LogP) is 3.49. The average Bonchev–Trinajstić information content (AvgIpc) is 2.30. The molecule has 0 bridgehead atoms. The lowest BCUT2D eigenvalue weighted by molar-refractivity contribution is 1.28. The summed E-state index contributed by atoms with van der Waals surface area (Å²) < 4.78 is 0. The molecule has 3 heteroatoms. The van der Waals surface area contributed by atoms with Gasteiger partial charge in [-0.25, -0.2) is 9.98 Å². The molecule has 0 amide bonds. The molecular weight excluding hydrogens is 208 g/mol. The molecular formula is C12H9ClN2. The Morgan fingerprint density at radius 2 is 1.87 bits per heavy atom. The van der Waals surface area contributed by atoms with Crippen molar-refractivity contribution >= 4 is 23.6 Å². The van der Waals surface area contributed by atoms with E-state index in [1.165, 1.54) is 0 Å². The topological polar surface area (TPSA) is 25.2 Å². The van der Waals surface area contributed by atoms with Crippen molar-refractivity contribution in [1.82, 2.24) is 4.98 Å². The molecule has 0 aliphatic carbocycles. The molecule has 0 spiro atoms. The molecule has 0 N–H and O–H groups in total. The van der Waals surface area contributed by atoms with Crippen molar-refractivity contribution in [1.29, 1.82) is 0 Å². The van der Waals surface area contributed by atoms with Crippen LogP contribution in [0.3, 0.4) is 0 Å². The summed E-state index contributed by atoms with van der Waals surface area (Å²) in [6.45, 7) is 0. The highest BCUT2D eigenvalue weighted by Gasteiger charge is 1.89. The first-order chi connectivity index (χ1) is 7.34. The van der Waals surface area contributed by atoms with Crippen LogP contribution in [0.25, 0.3) is 0 Å². The maximum Gasteiger partial charge on any atom is 0.151 e. The number of aliphatic imine (C=N–C) groups is 1. The monoisotopic (exact) mass is 216 g/mol. The Morgan fingerprint density at radius 1 is 1.07 bits per heavy atom. The number of halogens is 1. The van der Waals surface area contributed by atoms with Gasteiger partial charge in [0.05, 0.1) is 0 Å². The third kappa shape index (κ3) is 2.89. The highest BCUT2D eigenvalue weighted by Crippen LogP contribution is 2.09. The van der Waals surface area contributed by atoms with E-state index in [0.717, 1.165) is 10.6 Å². The number of rotatable bonds is 2. The summed E-state index contributed by atoms with van der Waals surface area (Å²) in [5, 5.41) is 0.727. The quantitative estimate of drug-likeness (QED) is 0.706. The number of hydrogen-bond acceptors (Lipinski definition) is 2. The van der Waals surface area contributed by atoms with Gasteiger partial charge in [-0.3, -0.25) is 0 Å². The van der Waals surface area contributed by atoms with Gasteiger partial charge in [-0.2, -0.15) is 0 Å². The zero-order valence-corrected chi connectivity index (χ0v) is 8.72. The van der Waals surface area contributed by atoms with Gasteiger partial charge >= 0.3 is 0 Å². The molecule has 2 aromatic rings. The Kier molecular flexibility index (Phi) is 3.10. The number of benzene rings is 1. The van der Waals surface area contributed by atoms with Gasteiger partial charge in [-0.1, -0.05) is 29.8 Å². The molecule has 0 aliphatic rings. The molecule has 1 aromatic carbocycles. The first-order valence-corrected chi connectivity index (χ1v) is 4.93. The third-order valence-corrected chi connectivity index (χ3v) is 2.12. The zero-order chi connectivity index (χ0) is 10.5. The van der Waals surface area contributed by atoms with Crippen LogP contribution < -0.4 is 0 Å². The normalized spacial score (nSPS) is 10.7. The summed E-state index contributed by atoms with van der Waals surface area (Å²) in [4.78, 5) is 8.31. The Bertz CT molecular complexity index is 449. The SMILES string of the molecule is Clc1ccc(/C=N/c2ccccn2)cc1. The Hall–Kier alpha value is -1.67. The van der Waals surface area contributed by atoms with E-state index < -0.39 is 0 Å². The highest BCUT2D eigenvalue weighted by atomic mass is 35.5. The largest absolute Gasteiger partial charge is 0.237 e. The smallest absolute Gasteiger partial charge is 0.151 e. The molecule has 74 valence electrons. The summed E-state index contributed by atoms with van der Waals surface area (Å²) in [6.07, 6.45) is 3.48. The first-order valence-electron chi connectivity index (χ1n) is 4.55. The van der Waals surface area contributed by atoms with Crippen molar-refractivity contribution in [3.05, 3.63) is 59.2 Å².